The van der Waals surface area contributed by atoms with E-state index in [1.54, 1.807) is 0 Å². The third-order valence-corrected chi connectivity index (χ3v) is 5.44. The molecule has 2 N–H and O–H groups in total. The van der Waals surface area contributed by atoms with Crippen molar-refractivity contribution in [1.82, 2.24) is 10.2 Å². The van der Waals surface area contributed by atoms with E-state index in [1.165, 1.54) is 32.1 Å². The van der Waals surface area contributed by atoms with Crippen LogP contribution in [-0.4, -0.2) is 49.3 Å². The minimum atomic E-state index is -0.0499. The predicted octanol–water partition coefficient (Wildman–Crippen LogP) is 1.08. The zero-order chi connectivity index (χ0) is 11.9. The van der Waals surface area contributed by atoms with E-state index in [1.807, 2.05) is 0 Å². The Morgan fingerprint density at radius 2 is 2.06 bits per heavy atom. The second-order valence-electron chi connectivity index (χ2n) is 6.63. The molecule has 0 aromatic carbocycles. The molecule has 3 atom stereocenters. The molecule has 17 heavy (non-hydrogen) atoms. The first-order chi connectivity index (χ1) is 8.21. The van der Waals surface area contributed by atoms with Crippen molar-refractivity contribution in [2.75, 3.05) is 33.2 Å². The molecule has 1 aliphatic carbocycles. The fourth-order valence-electron chi connectivity index (χ4n) is 4.59. The molecule has 98 valence electrons. The summed E-state index contributed by atoms with van der Waals surface area (Å²) in [6.45, 7) is 4.47. The smallest absolute Gasteiger partial charge is 0.0652 e. The molecule has 0 bridgehead atoms. The molecule has 3 fully saturated rings. The van der Waals surface area contributed by atoms with E-state index in [9.17, 15) is 5.11 Å². The van der Waals surface area contributed by atoms with Gasteiger partial charge in [-0.1, -0.05) is 12.8 Å². The fourth-order valence-corrected chi connectivity index (χ4v) is 4.59. The average molecular weight is 238 g/mol. The van der Waals surface area contributed by atoms with Crippen molar-refractivity contribution in [3.63, 3.8) is 0 Å². The summed E-state index contributed by atoms with van der Waals surface area (Å²) in [5.41, 5.74) is 0.236. The maximum atomic E-state index is 10.8. The summed E-state index contributed by atoms with van der Waals surface area (Å²) >= 11 is 0. The summed E-state index contributed by atoms with van der Waals surface area (Å²) in [4.78, 5) is 2.47. The third-order valence-electron chi connectivity index (χ3n) is 5.44. The minimum Gasteiger partial charge on any atom is -0.392 e. The van der Waals surface area contributed by atoms with Gasteiger partial charge in [0.1, 0.15) is 0 Å². The van der Waals surface area contributed by atoms with Gasteiger partial charge in [0, 0.05) is 24.4 Å². The van der Waals surface area contributed by atoms with Gasteiger partial charge in [0.05, 0.1) is 6.10 Å². The zero-order valence-corrected chi connectivity index (χ0v) is 11.0. The third kappa shape index (κ3) is 2.02. The van der Waals surface area contributed by atoms with Crippen molar-refractivity contribution in [1.29, 1.82) is 0 Å². The van der Waals surface area contributed by atoms with Crippen LogP contribution in [0.5, 0.6) is 0 Å². The lowest BCUT2D eigenvalue weighted by atomic mass is 9.68. The van der Waals surface area contributed by atoms with Gasteiger partial charge >= 0.3 is 0 Å². The number of likely N-dealkylation sites (tertiary alicyclic amines) is 1. The van der Waals surface area contributed by atoms with Crippen LogP contribution >= 0.6 is 0 Å². The highest BCUT2D eigenvalue weighted by atomic mass is 16.3. The Balaban J connectivity index is 1.78. The van der Waals surface area contributed by atoms with Crippen LogP contribution < -0.4 is 5.32 Å². The highest BCUT2D eigenvalue weighted by molar-refractivity contribution is 5.01. The standard InChI is InChI=1S/C14H26N2O/c1-16-9-12(11-4-7-15-8-11)13(17)14(10-16)5-2-3-6-14/h11-13,15,17H,2-10H2,1H3. The number of aliphatic hydroxyl groups is 1. The molecule has 1 saturated carbocycles. The Hall–Kier alpha value is -0.120. The van der Waals surface area contributed by atoms with Gasteiger partial charge in [-0.3, -0.25) is 0 Å². The SMILES string of the molecule is CN1CC(C2CCNC2)C(O)C2(CCCC2)C1. The normalized spacial score (nSPS) is 42.4. The Bertz CT molecular complexity index is 269. The maximum Gasteiger partial charge on any atom is 0.0652 e. The number of aliphatic hydroxyl groups excluding tert-OH is 1. The van der Waals surface area contributed by atoms with E-state index in [4.69, 9.17) is 0 Å². The lowest BCUT2D eigenvalue weighted by molar-refractivity contribution is -0.0913. The van der Waals surface area contributed by atoms with Crippen LogP contribution in [0, 0.1) is 17.3 Å². The molecular formula is C14H26N2O. The van der Waals surface area contributed by atoms with Crippen molar-refractivity contribution in [3.8, 4) is 0 Å². The van der Waals surface area contributed by atoms with Gasteiger partial charge in [-0.2, -0.15) is 0 Å². The molecule has 1 spiro atoms. The van der Waals surface area contributed by atoms with Crippen molar-refractivity contribution in [2.24, 2.45) is 17.3 Å². The van der Waals surface area contributed by atoms with Crippen LogP contribution in [0.25, 0.3) is 0 Å². The van der Waals surface area contributed by atoms with Crippen LogP contribution in [0.3, 0.4) is 0 Å². The second kappa shape index (κ2) is 4.52. The summed E-state index contributed by atoms with van der Waals surface area (Å²) in [5.74, 6) is 1.20. The van der Waals surface area contributed by atoms with Crippen LogP contribution in [0.1, 0.15) is 32.1 Å². The zero-order valence-electron chi connectivity index (χ0n) is 11.0. The van der Waals surface area contributed by atoms with Crippen molar-refractivity contribution in [3.05, 3.63) is 0 Å². The molecular weight excluding hydrogens is 212 g/mol. The van der Waals surface area contributed by atoms with Gasteiger partial charge in [-0.25, -0.2) is 0 Å². The van der Waals surface area contributed by atoms with E-state index < -0.39 is 0 Å². The number of hydrogen-bond donors (Lipinski definition) is 2. The summed E-state index contributed by atoms with van der Waals surface area (Å²) in [6.07, 6.45) is 6.34. The van der Waals surface area contributed by atoms with E-state index in [0.29, 0.717) is 11.8 Å². The molecule has 3 nitrogen and oxygen atoms in total. The summed E-state index contributed by atoms with van der Waals surface area (Å²) in [7, 11) is 2.24. The lowest BCUT2D eigenvalue weighted by Gasteiger charge is -2.49. The average Bonchev–Trinajstić information content (AvgIpc) is 2.95. The first-order valence-corrected chi connectivity index (χ1v) is 7.29. The Morgan fingerprint density at radius 3 is 2.71 bits per heavy atom. The largest absolute Gasteiger partial charge is 0.392 e. The number of rotatable bonds is 1. The molecule has 0 aromatic heterocycles. The van der Waals surface area contributed by atoms with Crippen molar-refractivity contribution < 1.29 is 5.11 Å². The first kappa shape index (κ1) is 11.9. The molecule has 3 unspecified atom stereocenters. The molecule has 3 rings (SSSR count). The van der Waals surface area contributed by atoms with E-state index in [-0.39, 0.29) is 11.5 Å². The topological polar surface area (TPSA) is 35.5 Å². The van der Waals surface area contributed by atoms with Gasteiger partial charge in [0.2, 0.25) is 0 Å². The highest BCUT2D eigenvalue weighted by Gasteiger charge is 2.50. The Kier molecular flexibility index (Phi) is 3.18. The number of nitrogens with one attached hydrogen (secondary N) is 1. The fraction of sp³-hybridized carbons (Fsp3) is 1.00. The van der Waals surface area contributed by atoms with E-state index in [0.717, 1.165) is 26.2 Å². The number of nitrogens with zero attached hydrogens (tertiary/aromatic N) is 1. The molecule has 2 saturated heterocycles. The molecule has 0 aromatic rings. The minimum absolute atomic E-state index is 0.0499. The van der Waals surface area contributed by atoms with Crippen LogP contribution in [0.15, 0.2) is 0 Å². The first-order valence-electron chi connectivity index (χ1n) is 7.29. The van der Waals surface area contributed by atoms with Gasteiger partial charge in [-0.05, 0) is 45.3 Å². The van der Waals surface area contributed by atoms with Crippen LogP contribution in [0.2, 0.25) is 0 Å². The monoisotopic (exact) mass is 238 g/mol. The summed E-state index contributed by atoms with van der Waals surface area (Å²) in [6, 6.07) is 0. The van der Waals surface area contributed by atoms with Gasteiger partial charge < -0.3 is 15.3 Å². The lowest BCUT2D eigenvalue weighted by Crippen LogP contribution is -2.56. The number of piperidine rings is 1. The van der Waals surface area contributed by atoms with Gasteiger partial charge in [0.15, 0.2) is 0 Å². The molecule has 3 heteroatoms. The summed E-state index contributed by atoms with van der Waals surface area (Å²) in [5, 5.41) is 14.3. The molecule has 3 aliphatic rings. The molecule has 2 aliphatic heterocycles. The van der Waals surface area contributed by atoms with Crippen molar-refractivity contribution in [2.45, 2.75) is 38.2 Å². The molecule has 2 heterocycles. The van der Waals surface area contributed by atoms with Crippen LogP contribution in [0.4, 0.5) is 0 Å². The Morgan fingerprint density at radius 1 is 1.29 bits per heavy atom. The molecule has 0 amide bonds. The van der Waals surface area contributed by atoms with E-state index in [2.05, 4.69) is 17.3 Å². The van der Waals surface area contributed by atoms with Crippen molar-refractivity contribution >= 4 is 0 Å². The van der Waals surface area contributed by atoms with Crippen LogP contribution in [-0.2, 0) is 0 Å². The number of hydrogen-bond acceptors (Lipinski definition) is 3. The Labute approximate surface area is 105 Å². The summed E-state index contributed by atoms with van der Waals surface area (Å²) < 4.78 is 0. The highest BCUT2D eigenvalue weighted by Crippen LogP contribution is 2.48. The quantitative estimate of drug-likeness (QED) is 0.717. The van der Waals surface area contributed by atoms with Gasteiger partial charge in [-0.15, -0.1) is 0 Å². The van der Waals surface area contributed by atoms with E-state index >= 15 is 0 Å². The van der Waals surface area contributed by atoms with Gasteiger partial charge in [0.25, 0.3) is 0 Å². The second-order valence-corrected chi connectivity index (χ2v) is 6.63. The predicted molar refractivity (Wildman–Crippen MR) is 68.9 cm³/mol. The maximum absolute atomic E-state index is 10.8. The molecule has 0 radical (unpaired) electrons.